The highest BCUT2D eigenvalue weighted by Gasteiger charge is 2.32. The van der Waals surface area contributed by atoms with Gasteiger partial charge in [-0.2, -0.15) is 9.29 Å². The molecule has 1 aromatic heterocycles. The molecular weight excluding hydrogens is 468 g/mol. The van der Waals surface area contributed by atoms with Crippen LogP contribution in [-0.4, -0.2) is 73.8 Å². The normalized spacial score (nSPS) is 20.1. The third kappa shape index (κ3) is 4.74. The van der Waals surface area contributed by atoms with Gasteiger partial charge < -0.3 is 9.80 Å². The van der Waals surface area contributed by atoms with Crippen LogP contribution in [0, 0.1) is 6.92 Å². The number of benzene rings is 1. The molecule has 0 radical (unpaired) electrons. The fourth-order valence-electron chi connectivity index (χ4n) is 4.87. The highest BCUT2D eigenvalue weighted by Crippen LogP contribution is 2.27. The van der Waals surface area contributed by atoms with E-state index >= 15 is 0 Å². The molecule has 11 heteroatoms. The van der Waals surface area contributed by atoms with Crippen LogP contribution in [0.1, 0.15) is 37.8 Å². The van der Waals surface area contributed by atoms with E-state index < -0.39 is 10.0 Å². The van der Waals surface area contributed by atoms with E-state index in [2.05, 4.69) is 9.88 Å². The summed E-state index contributed by atoms with van der Waals surface area (Å²) in [5.74, 6) is 1.07. The predicted octanol–water partition coefficient (Wildman–Crippen LogP) is 1.94. The highest BCUT2D eigenvalue weighted by atomic mass is 32.2. The van der Waals surface area contributed by atoms with E-state index in [0.29, 0.717) is 37.8 Å². The van der Waals surface area contributed by atoms with E-state index in [-0.39, 0.29) is 29.6 Å². The first-order valence-corrected chi connectivity index (χ1v) is 13.6. The van der Waals surface area contributed by atoms with Crippen molar-refractivity contribution in [3.05, 3.63) is 36.0 Å². The smallest absolute Gasteiger partial charge is 0.243 e. The molecule has 5 rings (SSSR count). The van der Waals surface area contributed by atoms with Gasteiger partial charge in [0.15, 0.2) is 0 Å². The highest BCUT2D eigenvalue weighted by molar-refractivity contribution is 7.89. The number of piperidine rings is 1. The Hall–Kier alpha value is -3.05. The average Bonchev–Trinajstić information content (AvgIpc) is 3.22. The van der Waals surface area contributed by atoms with Crippen molar-refractivity contribution in [3.8, 4) is 0 Å². The minimum Gasteiger partial charge on any atom is -0.356 e. The molecule has 3 aliphatic rings. The summed E-state index contributed by atoms with van der Waals surface area (Å²) in [7, 11) is -3.70. The minimum atomic E-state index is -3.70. The van der Waals surface area contributed by atoms with E-state index in [4.69, 9.17) is 4.98 Å². The standard InChI is InChI=1S/C24H30N6O4S/c1-18-17-21(27-11-3-2-4-12-27)26-24(25-18)28-13-15-29(16-14-28)35(33,34)20-7-5-19(6-8-20)30-22(31)9-10-23(30)32/h5-8,17H,2-4,9-16H2,1H3. The lowest BCUT2D eigenvalue weighted by molar-refractivity contribution is -0.121. The summed E-state index contributed by atoms with van der Waals surface area (Å²) >= 11 is 0. The zero-order chi connectivity index (χ0) is 24.6. The van der Waals surface area contributed by atoms with Crippen LogP contribution < -0.4 is 14.7 Å². The Bertz CT molecular complexity index is 1200. The number of piperazine rings is 1. The molecule has 3 saturated heterocycles. The molecule has 0 saturated carbocycles. The van der Waals surface area contributed by atoms with Gasteiger partial charge in [-0.15, -0.1) is 0 Å². The maximum atomic E-state index is 13.2. The molecule has 0 spiro atoms. The molecule has 3 aliphatic heterocycles. The van der Waals surface area contributed by atoms with Gasteiger partial charge in [0.05, 0.1) is 10.6 Å². The maximum Gasteiger partial charge on any atom is 0.243 e. The summed E-state index contributed by atoms with van der Waals surface area (Å²) < 4.78 is 27.9. The SMILES string of the molecule is Cc1cc(N2CCCCC2)nc(N2CCN(S(=O)(=O)c3ccc(N4C(=O)CCC4=O)cc3)CC2)n1. The van der Waals surface area contributed by atoms with Crippen LogP contribution in [0.2, 0.25) is 0 Å². The van der Waals surface area contributed by atoms with Gasteiger partial charge in [-0.25, -0.2) is 13.4 Å². The number of carbonyl (C=O) groups is 2. The summed E-state index contributed by atoms with van der Waals surface area (Å²) in [5.41, 5.74) is 1.31. The summed E-state index contributed by atoms with van der Waals surface area (Å²) in [4.78, 5) is 38.9. The Labute approximate surface area is 205 Å². The number of imide groups is 1. The maximum absolute atomic E-state index is 13.2. The second kappa shape index (κ2) is 9.54. The first kappa shape index (κ1) is 23.7. The quantitative estimate of drug-likeness (QED) is 0.576. The molecule has 186 valence electrons. The molecule has 3 fully saturated rings. The second-order valence-corrected chi connectivity index (χ2v) is 11.2. The van der Waals surface area contributed by atoms with Gasteiger partial charge in [-0.1, -0.05) is 0 Å². The topological polar surface area (TPSA) is 107 Å². The van der Waals surface area contributed by atoms with Crippen molar-refractivity contribution in [1.29, 1.82) is 0 Å². The zero-order valence-corrected chi connectivity index (χ0v) is 20.7. The summed E-state index contributed by atoms with van der Waals surface area (Å²) in [6.07, 6.45) is 3.96. The number of nitrogens with zero attached hydrogens (tertiary/aromatic N) is 6. The summed E-state index contributed by atoms with van der Waals surface area (Å²) in [6, 6.07) is 7.98. The lowest BCUT2D eigenvalue weighted by Gasteiger charge is -2.35. The van der Waals surface area contributed by atoms with Crippen LogP contribution in [0.5, 0.6) is 0 Å². The van der Waals surface area contributed by atoms with Crippen molar-refractivity contribution in [1.82, 2.24) is 14.3 Å². The fourth-order valence-corrected chi connectivity index (χ4v) is 6.29. The molecule has 0 aliphatic carbocycles. The Morgan fingerprint density at radius 2 is 1.40 bits per heavy atom. The number of anilines is 3. The van der Waals surface area contributed by atoms with Crippen molar-refractivity contribution in [3.63, 3.8) is 0 Å². The van der Waals surface area contributed by atoms with Gasteiger partial charge in [0.2, 0.25) is 27.8 Å². The molecule has 1 aromatic carbocycles. The predicted molar refractivity (Wildman–Crippen MR) is 132 cm³/mol. The lowest BCUT2D eigenvalue weighted by Crippen LogP contribution is -2.49. The Balaban J connectivity index is 1.26. The number of amides is 2. The van der Waals surface area contributed by atoms with Gasteiger partial charge in [0.1, 0.15) is 5.82 Å². The Kier molecular flexibility index (Phi) is 6.45. The van der Waals surface area contributed by atoms with E-state index in [1.807, 2.05) is 17.9 Å². The first-order chi connectivity index (χ1) is 16.8. The minimum absolute atomic E-state index is 0.146. The van der Waals surface area contributed by atoms with E-state index in [9.17, 15) is 18.0 Å². The molecule has 35 heavy (non-hydrogen) atoms. The molecule has 0 unspecified atom stereocenters. The van der Waals surface area contributed by atoms with Crippen molar-refractivity contribution in [2.75, 3.05) is 54.0 Å². The third-order valence-corrected chi connectivity index (χ3v) is 8.73. The van der Waals surface area contributed by atoms with E-state index in [1.165, 1.54) is 47.8 Å². The van der Waals surface area contributed by atoms with Crippen LogP contribution in [0.25, 0.3) is 0 Å². The van der Waals surface area contributed by atoms with Crippen molar-refractivity contribution >= 4 is 39.3 Å². The number of carbonyl (C=O) groups excluding carboxylic acids is 2. The molecule has 2 aromatic rings. The lowest BCUT2D eigenvalue weighted by atomic mass is 10.1. The molecule has 10 nitrogen and oxygen atoms in total. The van der Waals surface area contributed by atoms with E-state index in [0.717, 1.165) is 29.5 Å². The number of hydrogen-bond acceptors (Lipinski definition) is 8. The molecule has 0 atom stereocenters. The van der Waals surface area contributed by atoms with Crippen LogP contribution in [0.4, 0.5) is 17.5 Å². The van der Waals surface area contributed by atoms with Gasteiger partial charge in [-0.3, -0.25) is 14.5 Å². The van der Waals surface area contributed by atoms with Gasteiger partial charge >= 0.3 is 0 Å². The Morgan fingerprint density at radius 3 is 2.03 bits per heavy atom. The zero-order valence-electron chi connectivity index (χ0n) is 19.9. The molecule has 2 amide bonds. The van der Waals surface area contributed by atoms with Crippen LogP contribution in [-0.2, 0) is 19.6 Å². The average molecular weight is 499 g/mol. The third-order valence-electron chi connectivity index (χ3n) is 6.81. The first-order valence-electron chi connectivity index (χ1n) is 12.1. The number of aryl methyl sites for hydroxylation is 1. The molecular formula is C24H30N6O4S. The molecule has 0 N–H and O–H groups in total. The molecule has 0 bridgehead atoms. The number of aromatic nitrogens is 2. The monoisotopic (exact) mass is 498 g/mol. The van der Waals surface area contributed by atoms with Gasteiger partial charge in [-0.05, 0) is 50.5 Å². The van der Waals surface area contributed by atoms with E-state index in [1.54, 1.807) is 0 Å². The van der Waals surface area contributed by atoms with Crippen LogP contribution >= 0.6 is 0 Å². The fraction of sp³-hybridized carbons (Fsp3) is 0.500. The number of sulfonamides is 1. The van der Waals surface area contributed by atoms with Crippen LogP contribution in [0.15, 0.2) is 35.2 Å². The molecule has 4 heterocycles. The van der Waals surface area contributed by atoms with Crippen molar-refractivity contribution in [2.45, 2.75) is 43.9 Å². The number of hydrogen-bond donors (Lipinski definition) is 0. The Morgan fingerprint density at radius 1 is 0.771 bits per heavy atom. The van der Waals surface area contributed by atoms with Crippen LogP contribution in [0.3, 0.4) is 0 Å². The largest absolute Gasteiger partial charge is 0.356 e. The van der Waals surface area contributed by atoms with Crippen molar-refractivity contribution in [2.24, 2.45) is 0 Å². The van der Waals surface area contributed by atoms with Gasteiger partial charge in [0, 0.05) is 63.9 Å². The van der Waals surface area contributed by atoms with Crippen molar-refractivity contribution < 1.29 is 18.0 Å². The number of rotatable bonds is 5. The van der Waals surface area contributed by atoms with Gasteiger partial charge in [0.25, 0.3) is 0 Å². The summed E-state index contributed by atoms with van der Waals surface area (Å²) in [6.45, 7) is 5.61. The second-order valence-electron chi connectivity index (χ2n) is 9.22. The summed E-state index contributed by atoms with van der Waals surface area (Å²) in [5, 5.41) is 0.